The van der Waals surface area contributed by atoms with Gasteiger partial charge >= 0.3 is 0 Å². The van der Waals surface area contributed by atoms with E-state index in [1.807, 2.05) is 0 Å². The molecule has 0 fully saturated rings. The van der Waals surface area contributed by atoms with Gasteiger partial charge in [-0.25, -0.2) is 0 Å². The Labute approximate surface area is 199 Å². The second kappa shape index (κ2) is 9.12. The number of hydrogen-bond acceptors (Lipinski definition) is 1. The lowest BCUT2D eigenvalue weighted by atomic mass is 10.0. The van der Waals surface area contributed by atoms with Crippen LogP contribution in [0.1, 0.15) is 22.3 Å². The first-order valence-electron chi connectivity index (χ1n) is 10.2. The minimum absolute atomic E-state index is 0.755. The van der Waals surface area contributed by atoms with E-state index in [1.54, 1.807) is 11.8 Å². The second-order valence-electron chi connectivity index (χ2n) is 8.09. The molecular formula is C28H24Cl2S. The molecule has 0 bridgehead atoms. The third-order valence-corrected chi connectivity index (χ3v) is 7.37. The summed E-state index contributed by atoms with van der Waals surface area (Å²) >= 11 is 15.4. The summed E-state index contributed by atoms with van der Waals surface area (Å²) in [5.41, 5.74) is 9.28. The zero-order chi connectivity index (χ0) is 22.1. The van der Waals surface area contributed by atoms with Crippen LogP contribution < -0.4 is 0 Å². The Balaban J connectivity index is 1.74. The zero-order valence-corrected chi connectivity index (χ0v) is 20.4. The van der Waals surface area contributed by atoms with Crippen molar-refractivity contribution in [3.8, 4) is 22.3 Å². The Hall–Kier alpha value is -2.19. The van der Waals surface area contributed by atoms with Crippen LogP contribution in [0.3, 0.4) is 0 Å². The fraction of sp³-hybridized carbons (Fsp3) is 0.143. The van der Waals surface area contributed by atoms with Gasteiger partial charge in [-0.05, 0) is 51.0 Å². The fourth-order valence-electron chi connectivity index (χ4n) is 4.00. The number of benzene rings is 4. The quantitative estimate of drug-likeness (QED) is 0.290. The molecule has 4 aromatic carbocycles. The highest BCUT2D eigenvalue weighted by molar-refractivity contribution is 7.99. The summed E-state index contributed by atoms with van der Waals surface area (Å²) in [6, 6.07) is 25.4. The smallest absolute Gasteiger partial charge is 0.0623 e. The van der Waals surface area contributed by atoms with Crippen molar-refractivity contribution in [2.24, 2.45) is 0 Å². The summed E-state index contributed by atoms with van der Waals surface area (Å²) in [5, 5.41) is 1.51. The molecule has 0 saturated carbocycles. The Morgan fingerprint density at radius 3 is 1.23 bits per heavy atom. The first-order chi connectivity index (χ1) is 14.8. The largest absolute Gasteiger partial charge is 0.0869 e. The van der Waals surface area contributed by atoms with Gasteiger partial charge in [-0.15, -0.1) is 0 Å². The van der Waals surface area contributed by atoms with Crippen molar-refractivity contribution in [2.45, 2.75) is 37.5 Å². The van der Waals surface area contributed by atoms with Crippen LogP contribution in [0.2, 0.25) is 10.0 Å². The van der Waals surface area contributed by atoms with Gasteiger partial charge in [0.2, 0.25) is 0 Å². The van der Waals surface area contributed by atoms with Crippen LogP contribution >= 0.6 is 35.0 Å². The fourth-order valence-corrected chi connectivity index (χ4v) is 5.63. The van der Waals surface area contributed by atoms with Crippen molar-refractivity contribution >= 4 is 35.0 Å². The van der Waals surface area contributed by atoms with E-state index >= 15 is 0 Å². The maximum Gasteiger partial charge on any atom is 0.0623 e. The van der Waals surface area contributed by atoms with Crippen molar-refractivity contribution in [1.82, 2.24) is 0 Å². The first kappa shape index (κ1) is 22.0. The summed E-state index contributed by atoms with van der Waals surface area (Å²) in [6.45, 7) is 8.45. The summed E-state index contributed by atoms with van der Waals surface area (Å²) in [4.78, 5) is 2.00. The monoisotopic (exact) mass is 462 g/mol. The molecule has 0 nitrogen and oxygen atoms in total. The Kier molecular flexibility index (Phi) is 6.48. The van der Waals surface area contributed by atoms with E-state index in [9.17, 15) is 0 Å². The van der Waals surface area contributed by atoms with E-state index in [-0.39, 0.29) is 0 Å². The van der Waals surface area contributed by atoms with Gasteiger partial charge in [0.25, 0.3) is 0 Å². The van der Waals surface area contributed by atoms with Crippen LogP contribution in [0.4, 0.5) is 0 Å². The molecule has 0 saturated heterocycles. The summed E-state index contributed by atoms with van der Waals surface area (Å²) in [7, 11) is 0. The van der Waals surface area contributed by atoms with E-state index < -0.39 is 0 Å². The van der Waals surface area contributed by atoms with Crippen LogP contribution in [-0.4, -0.2) is 0 Å². The van der Waals surface area contributed by atoms with Gasteiger partial charge in [-0.3, -0.25) is 0 Å². The van der Waals surface area contributed by atoms with Crippen molar-refractivity contribution in [3.63, 3.8) is 0 Å². The number of hydrogen-bond donors (Lipinski definition) is 0. The standard InChI is InChI=1S/C28H24Cl2S/c1-17-11-18(2)14-21(13-17)23-7-5-9-25(27(23)29)31-26-10-6-8-24(28(26)30)22-15-19(3)12-20(4)16-22/h5-16H,1-4H3. The Morgan fingerprint density at radius 1 is 0.516 bits per heavy atom. The van der Waals surface area contributed by atoms with Crippen molar-refractivity contribution < 1.29 is 0 Å². The third-order valence-electron chi connectivity index (χ3n) is 5.21. The molecular weight excluding hydrogens is 439 g/mol. The number of halogens is 2. The second-order valence-corrected chi connectivity index (χ2v) is 9.93. The van der Waals surface area contributed by atoms with Crippen molar-refractivity contribution in [1.29, 1.82) is 0 Å². The molecule has 0 heterocycles. The normalized spacial score (nSPS) is 11.0. The lowest BCUT2D eigenvalue weighted by Gasteiger charge is -2.14. The van der Waals surface area contributed by atoms with Crippen LogP contribution in [0, 0.1) is 27.7 Å². The van der Waals surface area contributed by atoms with E-state index in [1.165, 1.54) is 22.3 Å². The van der Waals surface area contributed by atoms with Crippen molar-refractivity contribution in [2.75, 3.05) is 0 Å². The first-order valence-corrected chi connectivity index (χ1v) is 11.8. The molecule has 0 aliphatic rings. The molecule has 156 valence electrons. The number of aryl methyl sites for hydroxylation is 4. The SMILES string of the molecule is Cc1cc(C)cc(-c2cccc(Sc3cccc(-c4cc(C)cc(C)c4)c3Cl)c2Cl)c1. The van der Waals surface area contributed by atoms with Crippen molar-refractivity contribution in [3.05, 3.63) is 105 Å². The lowest BCUT2D eigenvalue weighted by Crippen LogP contribution is -1.88. The summed E-state index contributed by atoms with van der Waals surface area (Å²) in [5.74, 6) is 0. The average molecular weight is 463 g/mol. The number of rotatable bonds is 4. The molecule has 0 radical (unpaired) electrons. The van der Waals surface area contributed by atoms with E-state index in [0.717, 1.165) is 42.1 Å². The highest BCUT2D eigenvalue weighted by Gasteiger charge is 2.14. The molecule has 0 spiro atoms. The molecule has 3 heteroatoms. The van der Waals surface area contributed by atoms with E-state index in [4.69, 9.17) is 23.2 Å². The Bertz CT molecular complexity index is 1130. The molecule has 0 aliphatic carbocycles. The average Bonchev–Trinajstić information content (AvgIpc) is 2.69. The molecule has 4 aromatic rings. The van der Waals surface area contributed by atoms with Crippen LogP contribution in [0.15, 0.2) is 82.6 Å². The molecule has 0 amide bonds. The van der Waals surface area contributed by atoms with Crippen LogP contribution in [-0.2, 0) is 0 Å². The van der Waals surface area contributed by atoms with Gasteiger partial charge in [0.15, 0.2) is 0 Å². The lowest BCUT2D eigenvalue weighted by molar-refractivity contribution is 1.36. The van der Waals surface area contributed by atoms with Crippen LogP contribution in [0.25, 0.3) is 22.3 Å². The maximum atomic E-state index is 6.88. The van der Waals surface area contributed by atoms with Gasteiger partial charge in [-0.1, -0.05) is 118 Å². The molecule has 31 heavy (non-hydrogen) atoms. The highest BCUT2D eigenvalue weighted by atomic mass is 35.5. The summed E-state index contributed by atoms with van der Waals surface area (Å²) < 4.78 is 0. The topological polar surface area (TPSA) is 0 Å². The predicted molar refractivity (Wildman–Crippen MR) is 137 cm³/mol. The molecule has 0 unspecified atom stereocenters. The molecule has 0 atom stereocenters. The summed E-state index contributed by atoms with van der Waals surface area (Å²) in [6.07, 6.45) is 0. The van der Waals surface area contributed by atoms with E-state index in [0.29, 0.717) is 0 Å². The molecule has 4 rings (SSSR count). The minimum Gasteiger partial charge on any atom is -0.0869 e. The van der Waals surface area contributed by atoms with Gasteiger partial charge in [0.05, 0.1) is 10.0 Å². The van der Waals surface area contributed by atoms with Crippen LogP contribution in [0.5, 0.6) is 0 Å². The maximum absolute atomic E-state index is 6.88. The minimum atomic E-state index is 0.755. The van der Waals surface area contributed by atoms with Gasteiger partial charge in [0, 0.05) is 20.9 Å². The third kappa shape index (κ3) is 4.85. The molecule has 0 aliphatic heterocycles. The van der Waals surface area contributed by atoms with Gasteiger partial charge < -0.3 is 0 Å². The molecule has 0 aromatic heterocycles. The predicted octanol–water partition coefficient (Wildman–Crippen LogP) is 9.71. The van der Waals surface area contributed by atoms with E-state index in [2.05, 4.69) is 100 Å². The molecule has 0 N–H and O–H groups in total. The Morgan fingerprint density at radius 2 is 0.871 bits per heavy atom. The highest BCUT2D eigenvalue weighted by Crippen LogP contribution is 2.44. The van der Waals surface area contributed by atoms with Gasteiger partial charge in [-0.2, -0.15) is 0 Å². The van der Waals surface area contributed by atoms with Gasteiger partial charge in [0.1, 0.15) is 0 Å². The zero-order valence-electron chi connectivity index (χ0n) is 18.1.